The number of esters is 1. The molecule has 3 heterocycles. The van der Waals surface area contributed by atoms with E-state index in [9.17, 15) is 9.90 Å². The molecule has 0 unspecified atom stereocenters. The number of allylic oxidation sites excluding steroid dienone is 2. The lowest BCUT2D eigenvalue weighted by atomic mass is 9.82. The van der Waals surface area contributed by atoms with Crippen LogP contribution in [0.25, 0.3) is 0 Å². The Balaban J connectivity index is 0.000000169. The molecule has 6 rings (SSSR count). The van der Waals surface area contributed by atoms with Crippen molar-refractivity contribution in [2.24, 2.45) is 5.92 Å². The topological polar surface area (TPSA) is 62.3 Å². The summed E-state index contributed by atoms with van der Waals surface area (Å²) in [6.07, 6.45) is 12.0. The SMILES string of the molecule is C=C1C(=O)O[C@H]2[C@H]1CC/C(C)=C/CC[C@@]1(C)O[C@@H]21.OC(CCCN1CCCCC1)(c1ccccc1)c1ccccc1. The summed E-state index contributed by atoms with van der Waals surface area (Å²) in [5, 5.41) is 11.5. The molecule has 4 atom stereocenters. The first kappa shape index (κ1) is 29.8. The summed E-state index contributed by atoms with van der Waals surface area (Å²) in [6.45, 7) is 11.7. The standard InChI is InChI=1S/C21H27NO.C15H20O3/c23-21(19-11-4-1-5-12-19,20-13-6-2-7-14-20)15-10-18-22-16-8-3-9-17-22;1-9-5-4-8-15(3)13(18-15)12-11(7-6-9)10(2)14(16)17-12/h1-2,4-7,11-14,23H,3,8-10,15-18H2;5,11-13H,2,4,6-8H2,1,3H3/b;9-5+/t;11-,12-,13-,15+/m.0/s1. The van der Waals surface area contributed by atoms with Gasteiger partial charge in [-0.25, -0.2) is 4.79 Å². The second kappa shape index (κ2) is 13.1. The predicted molar refractivity (Wildman–Crippen MR) is 163 cm³/mol. The Morgan fingerprint density at radius 1 is 1.02 bits per heavy atom. The van der Waals surface area contributed by atoms with Gasteiger partial charge in [0.15, 0.2) is 0 Å². The molecular weight excluding hydrogens is 510 g/mol. The molecule has 4 aliphatic rings. The van der Waals surface area contributed by atoms with Gasteiger partial charge in [-0.1, -0.05) is 85.3 Å². The summed E-state index contributed by atoms with van der Waals surface area (Å²) in [7, 11) is 0. The molecule has 3 saturated heterocycles. The molecule has 0 bridgehead atoms. The molecule has 2 aromatic carbocycles. The maximum atomic E-state index is 11.7. The maximum absolute atomic E-state index is 11.7. The van der Waals surface area contributed by atoms with Gasteiger partial charge in [-0.15, -0.1) is 0 Å². The lowest BCUT2D eigenvalue weighted by molar-refractivity contribution is -0.140. The van der Waals surface area contributed by atoms with Crippen molar-refractivity contribution in [2.45, 2.75) is 95.0 Å². The first-order valence-corrected chi connectivity index (χ1v) is 15.6. The van der Waals surface area contributed by atoms with E-state index in [0.29, 0.717) is 5.57 Å². The molecule has 0 aromatic heterocycles. The van der Waals surface area contributed by atoms with E-state index in [2.05, 4.69) is 31.4 Å². The lowest BCUT2D eigenvalue weighted by Gasteiger charge is -2.32. The van der Waals surface area contributed by atoms with E-state index in [0.717, 1.165) is 56.2 Å². The molecule has 0 radical (unpaired) electrons. The Labute approximate surface area is 246 Å². The first-order chi connectivity index (χ1) is 19.8. The number of carbonyl (C=O) groups is 1. The van der Waals surface area contributed by atoms with E-state index in [4.69, 9.17) is 9.47 Å². The predicted octanol–water partition coefficient (Wildman–Crippen LogP) is 6.95. The van der Waals surface area contributed by atoms with Crippen molar-refractivity contribution in [2.75, 3.05) is 19.6 Å². The Morgan fingerprint density at radius 3 is 2.29 bits per heavy atom. The molecule has 5 heteroatoms. The zero-order chi connectivity index (χ0) is 28.9. The van der Waals surface area contributed by atoms with E-state index in [1.165, 1.54) is 37.9 Å². The van der Waals surface area contributed by atoms with Crippen LogP contribution in [0.2, 0.25) is 0 Å². The minimum absolute atomic E-state index is 0.0671. The van der Waals surface area contributed by atoms with Crippen molar-refractivity contribution in [3.63, 3.8) is 0 Å². The fourth-order valence-corrected chi connectivity index (χ4v) is 6.83. The molecule has 0 spiro atoms. The van der Waals surface area contributed by atoms with E-state index in [1.807, 2.05) is 60.7 Å². The number of rotatable bonds is 6. The number of piperidine rings is 1. The number of carbonyl (C=O) groups excluding carboxylic acids is 1. The molecular formula is C36H47NO4. The summed E-state index contributed by atoms with van der Waals surface area (Å²) in [5.41, 5.74) is 3.00. The van der Waals surface area contributed by atoms with E-state index < -0.39 is 5.60 Å². The molecule has 3 fully saturated rings. The Hall–Kier alpha value is -2.73. The summed E-state index contributed by atoms with van der Waals surface area (Å²) in [6, 6.07) is 20.2. The van der Waals surface area contributed by atoms with Gasteiger partial charge >= 0.3 is 5.97 Å². The van der Waals surface area contributed by atoms with Crippen molar-refractivity contribution < 1.29 is 19.4 Å². The third kappa shape index (κ3) is 7.02. The van der Waals surface area contributed by atoms with Gasteiger partial charge in [0.05, 0.1) is 5.60 Å². The monoisotopic (exact) mass is 557 g/mol. The minimum Gasteiger partial charge on any atom is -0.455 e. The molecule has 2 aromatic rings. The van der Waals surface area contributed by atoms with Gasteiger partial charge in [0, 0.05) is 11.5 Å². The molecule has 3 aliphatic heterocycles. The number of fused-ring (bicyclic) bond motifs is 3. The average Bonchev–Trinajstić information content (AvgIpc) is 3.59. The van der Waals surface area contributed by atoms with Crippen LogP contribution < -0.4 is 0 Å². The third-order valence-electron chi connectivity index (χ3n) is 9.54. The highest BCUT2D eigenvalue weighted by Crippen LogP contribution is 2.49. The number of benzene rings is 2. The number of hydrogen-bond donors (Lipinski definition) is 1. The van der Waals surface area contributed by atoms with Crippen LogP contribution in [0.15, 0.2) is 84.5 Å². The Bertz CT molecular complexity index is 1160. The smallest absolute Gasteiger partial charge is 0.334 e. The second-order valence-corrected chi connectivity index (χ2v) is 12.6. The summed E-state index contributed by atoms with van der Waals surface area (Å²) in [4.78, 5) is 14.2. The van der Waals surface area contributed by atoms with Gasteiger partial charge in [-0.3, -0.25) is 0 Å². The largest absolute Gasteiger partial charge is 0.455 e. The lowest BCUT2D eigenvalue weighted by Crippen LogP contribution is -2.33. The molecule has 5 nitrogen and oxygen atoms in total. The zero-order valence-electron chi connectivity index (χ0n) is 24.9. The second-order valence-electron chi connectivity index (χ2n) is 12.6. The van der Waals surface area contributed by atoms with Crippen molar-refractivity contribution in [3.8, 4) is 0 Å². The summed E-state index contributed by atoms with van der Waals surface area (Å²) < 4.78 is 11.3. The highest BCUT2D eigenvalue weighted by molar-refractivity contribution is 5.91. The molecule has 1 N–H and O–H groups in total. The van der Waals surface area contributed by atoms with E-state index >= 15 is 0 Å². The number of aliphatic hydroxyl groups is 1. The van der Waals surface area contributed by atoms with Crippen molar-refractivity contribution >= 4 is 5.97 Å². The van der Waals surface area contributed by atoms with Gasteiger partial charge in [-0.05, 0) is 96.0 Å². The van der Waals surface area contributed by atoms with Crippen LogP contribution in [0.3, 0.4) is 0 Å². The minimum atomic E-state index is -0.891. The maximum Gasteiger partial charge on any atom is 0.334 e. The molecule has 1 aliphatic carbocycles. The zero-order valence-corrected chi connectivity index (χ0v) is 24.9. The van der Waals surface area contributed by atoms with Gasteiger partial charge in [-0.2, -0.15) is 0 Å². The van der Waals surface area contributed by atoms with Crippen molar-refractivity contribution in [1.82, 2.24) is 4.90 Å². The fourth-order valence-electron chi connectivity index (χ4n) is 6.83. The van der Waals surface area contributed by atoms with E-state index in [-0.39, 0.29) is 29.7 Å². The van der Waals surface area contributed by atoms with Crippen LogP contribution in [0.1, 0.15) is 82.8 Å². The van der Waals surface area contributed by atoms with Gasteiger partial charge in [0.2, 0.25) is 0 Å². The van der Waals surface area contributed by atoms with Crippen LogP contribution in [0.4, 0.5) is 0 Å². The van der Waals surface area contributed by atoms with Crippen molar-refractivity contribution in [3.05, 3.63) is 95.6 Å². The number of hydrogen-bond acceptors (Lipinski definition) is 5. The van der Waals surface area contributed by atoms with Crippen molar-refractivity contribution in [1.29, 1.82) is 0 Å². The van der Waals surface area contributed by atoms with Gasteiger partial charge in [0.1, 0.15) is 17.8 Å². The van der Waals surface area contributed by atoms with Gasteiger partial charge < -0.3 is 19.5 Å². The molecule has 41 heavy (non-hydrogen) atoms. The van der Waals surface area contributed by atoms with E-state index in [1.54, 1.807) is 0 Å². The first-order valence-electron chi connectivity index (χ1n) is 15.6. The fraction of sp³-hybridized carbons (Fsp3) is 0.528. The average molecular weight is 558 g/mol. The highest BCUT2D eigenvalue weighted by Gasteiger charge is 2.61. The van der Waals surface area contributed by atoms with Crippen LogP contribution in [0, 0.1) is 5.92 Å². The Morgan fingerprint density at radius 2 is 1.66 bits per heavy atom. The number of likely N-dealkylation sites (tertiary alicyclic amines) is 1. The third-order valence-corrected chi connectivity index (χ3v) is 9.54. The van der Waals surface area contributed by atoms with Crippen LogP contribution >= 0.6 is 0 Å². The number of ether oxygens (including phenoxy) is 2. The van der Waals surface area contributed by atoms with Crippen LogP contribution in [-0.2, 0) is 19.9 Å². The summed E-state index contributed by atoms with van der Waals surface area (Å²) >= 11 is 0. The molecule has 0 amide bonds. The van der Waals surface area contributed by atoms with Gasteiger partial charge in [0.25, 0.3) is 0 Å². The van der Waals surface area contributed by atoms with Crippen LogP contribution in [-0.4, -0.2) is 53.4 Å². The quantitative estimate of drug-likeness (QED) is 0.180. The highest BCUT2D eigenvalue weighted by atomic mass is 16.6. The molecule has 220 valence electrons. The Kier molecular flexibility index (Phi) is 9.48. The van der Waals surface area contributed by atoms with Crippen LogP contribution in [0.5, 0.6) is 0 Å². The summed E-state index contributed by atoms with van der Waals surface area (Å²) in [5.74, 6) is -0.102. The molecule has 0 saturated carbocycles. The number of nitrogens with zero attached hydrogens (tertiary/aromatic N) is 1. The number of epoxide rings is 1. The normalized spacial score (nSPS) is 29.6.